The molecule has 2 aromatic rings. The van der Waals surface area contributed by atoms with E-state index in [1.165, 1.54) is 18.4 Å². The Morgan fingerprint density at radius 1 is 1.53 bits per heavy atom. The highest BCUT2D eigenvalue weighted by Gasteiger charge is 2.22. The van der Waals surface area contributed by atoms with Crippen molar-refractivity contribution in [2.75, 3.05) is 7.11 Å². The zero-order valence-corrected chi connectivity index (χ0v) is 11.2. The van der Waals surface area contributed by atoms with Gasteiger partial charge in [0.1, 0.15) is 15.5 Å². The summed E-state index contributed by atoms with van der Waals surface area (Å²) >= 11 is 7.31. The molecule has 0 radical (unpaired) electrons. The maximum Gasteiger partial charge on any atom is 0.185 e. The minimum absolute atomic E-state index is 0.0221. The number of fused-ring (bicyclic) bond motifs is 1. The van der Waals surface area contributed by atoms with Gasteiger partial charge < -0.3 is 10.5 Å². The van der Waals surface area contributed by atoms with Gasteiger partial charge in [0.2, 0.25) is 0 Å². The fourth-order valence-corrected chi connectivity index (χ4v) is 2.72. The van der Waals surface area contributed by atoms with Crippen LogP contribution < -0.4 is 10.5 Å². The van der Waals surface area contributed by atoms with E-state index in [0.29, 0.717) is 10.5 Å². The Hall–Kier alpha value is -0.910. The Morgan fingerprint density at radius 2 is 2.18 bits per heavy atom. The number of methoxy groups -OCH3 is 1. The summed E-state index contributed by atoms with van der Waals surface area (Å²) in [6, 6.07) is 1.59. The van der Waals surface area contributed by atoms with Crippen molar-refractivity contribution in [2.45, 2.75) is 19.4 Å². The van der Waals surface area contributed by atoms with Crippen molar-refractivity contribution in [3.05, 3.63) is 21.9 Å². The van der Waals surface area contributed by atoms with Gasteiger partial charge in [-0.1, -0.05) is 11.6 Å². The molecule has 6 heteroatoms. The lowest BCUT2D eigenvalue weighted by molar-refractivity contribution is 0.387. The van der Waals surface area contributed by atoms with E-state index in [4.69, 9.17) is 22.1 Å². The quantitative estimate of drug-likeness (QED) is 0.914. The summed E-state index contributed by atoms with van der Waals surface area (Å²) in [5.74, 6) is -0.471. The third-order valence-electron chi connectivity index (χ3n) is 2.30. The van der Waals surface area contributed by atoms with Gasteiger partial charge in [0.05, 0.1) is 17.3 Å². The van der Waals surface area contributed by atoms with Crippen LogP contribution in [0.2, 0.25) is 5.02 Å². The third kappa shape index (κ3) is 2.10. The highest BCUT2D eigenvalue weighted by atomic mass is 35.5. The third-order valence-corrected chi connectivity index (χ3v) is 3.99. The molecule has 0 fully saturated rings. The molecule has 1 heterocycles. The van der Waals surface area contributed by atoms with Crippen LogP contribution in [-0.2, 0) is 5.54 Å². The van der Waals surface area contributed by atoms with Crippen LogP contribution in [0.4, 0.5) is 4.39 Å². The van der Waals surface area contributed by atoms with E-state index in [2.05, 4.69) is 4.98 Å². The molecule has 3 nitrogen and oxygen atoms in total. The van der Waals surface area contributed by atoms with Crippen molar-refractivity contribution >= 4 is 33.2 Å². The maximum absolute atomic E-state index is 13.7. The van der Waals surface area contributed by atoms with Crippen LogP contribution in [-0.4, -0.2) is 12.1 Å². The number of aromatic nitrogens is 1. The number of ether oxygens (including phenoxy) is 1. The fraction of sp³-hybridized carbons (Fsp3) is 0.364. The lowest BCUT2D eigenvalue weighted by atomic mass is 10.1. The molecule has 0 aliphatic rings. The Labute approximate surface area is 107 Å². The molecule has 1 aromatic heterocycles. The van der Waals surface area contributed by atoms with Gasteiger partial charge in [-0.25, -0.2) is 9.37 Å². The molecule has 0 saturated heterocycles. The van der Waals surface area contributed by atoms with Crippen molar-refractivity contribution in [2.24, 2.45) is 5.73 Å². The highest BCUT2D eigenvalue weighted by Crippen LogP contribution is 2.37. The van der Waals surface area contributed by atoms with Gasteiger partial charge in [0, 0.05) is 6.07 Å². The van der Waals surface area contributed by atoms with Crippen molar-refractivity contribution < 1.29 is 9.13 Å². The second kappa shape index (κ2) is 4.08. The van der Waals surface area contributed by atoms with E-state index in [9.17, 15) is 4.39 Å². The van der Waals surface area contributed by atoms with Gasteiger partial charge in [0.15, 0.2) is 11.6 Å². The van der Waals surface area contributed by atoms with E-state index in [-0.39, 0.29) is 10.8 Å². The summed E-state index contributed by atoms with van der Waals surface area (Å²) in [5, 5.41) is 0.688. The Morgan fingerprint density at radius 3 is 2.71 bits per heavy atom. The zero-order chi connectivity index (χ0) is 12.8. The van der Waals surface area contributed by atoms with Crippen LogP contribution in [0.3, 0.4) is 0 Å². The van der Waals surface area contributed by atoms with E-state index < -0.39 is 11.4 Å². The zero-order valence-electron chi connectivity index (χ0n) is 9.67. The number of nitrogens with two attached hydrogens (primary N) is 1. The first-order valence-corrected chi connectivity index (χ1v) is 6.16. The molecule has 92 valence electrons. The lowest BCUT2D eigenvalue weighted by Crippen LogP contribution is -2.28. The van der Waals surface area contributed by atoms with Crippen molar-refractivity contribution in [3.8, 4) is 5.75 Å². The molecule has 17 heavy (non-hydrogen) atoms. The second-order valence-corrected chi connectivity index (χ2v) is 5.70. The number of hydrogen-bond acceptors (Lipinski definition) is 4. The molecule has 0 aliphatic heterocycles. The Balaban J connectivity index is 2.74. The van der Waals surface area contributed by atoms with Crippen LogP contribution in [0, 0.1) is 5.82 Å². The number of thiazole rings is 1. The van der Waals surface area contributed by atoms with Crippen LogP contribution in [0.1, 0.15) is 18.9 Å². The fourth-order valence-electron chi connectivity index (χ4n) is 1.41. The molecular formula is C11H12ClFN2OS. The first-order valence-electron chi connectivity index (χ1n) is 4.96. The van der Waals surface area contributed by atoms with Crippen LogP contribution in [0.5, 0.6) is 5.75 Å². The summed E-state index contributed by atoms with van der Waals surface area (Å²) < 4.78 is 19.4. The minimum atomic E-state index is -0.589. The first-order chi connectivity index (χ1) is 7.84. The SMILES string of the molecule is COc1cc2sc(C(C)(C)N)nc2c(Cl)c1F. The molecule has 0 atom stereocenters. The number of hydrogen-bond donors (Lipinski definition) is 1. The van der Waals surface area contributed by atoms with E-state index >= 15 is 0 Å². The number of nitrogens with zero attached hydrogens (tertiary/aromatic N) is 1. The normalized spacial score (nSPS) is 12.1. The van der Waals surface area contributed by atoms with E-state index in [1.807, 2.05) is 13.8 Å². The number of rotatable bonds is 2. The van der Waals surface area contributed by atoms with Gasteiger partial charge in [0.25, 0.3) is 0 Å². The standard InChI is InChI=1S/C11H12ClFN2OS/c1-11(2,14)10-15-9-6(17-10)4-5(16-3)8(13)7(9)12/h4H,14H2,1-3H3. The van der Waals surface area contributed by atoms with Crippen molar-refractivity contribution in [1.29, 1.82) is 0 Å². The molecular weight excluding hydrogens is 263 g/mol. The Bertz CT molecular complexity index is 577. The minimum Gasteiger partial charge on any atom is -0.494 e. The van der Waals surface area contributed by atoms with Crippen LogP contribution >= 0.6 is 22.9 Å². The van der Waals surface area contributed by atoms with E-state index in [0.717, 1.165) is 4.70 Å². The number of halogens is 2. The van der Waals surface area contributed by atoms with Crippen LogP contribution in [0.25, 0.3) is 10.2 Å². The van der Waals surface area contributed by atoms with Crippen LogP contribution in [0.15, 0.2) is 6.07 Å². The molecule has 0 unspecified atom stereocenters. The number of benzene rings is 1. The summed E-state index contributed by atoms with van der Waals surface area (Å²) in [7, 11) is 1.40. The van der Waals surface area contributed by atoms with Crippen molar-refractivity contribution in [1.82, 2.24) is 4.98 Å². The van der Waals surface area contributed by atoms with Gasteiger partial charge in [-0.05, 0) is 13.8 Å². The summed E-state index contributed by atoms with van der Waals surface area (Å²) in [6.07, 6.45) is 0. The molecule has 0 aliphatic carbocycles. The summed E-state index contributed by atoms with van der Waals surface area (Å²) in [5.41, 5.74) is 5.82. The highest BCUT2D eigenvalue weighted by molar-refractivity contribution is 7.18. The van der Waals surface area contributed by atoms with Gasteiger partial charge in [-0.15, -0.1) is 11.3 Å². The predicted octanol–water partition coefficient (Wildman–Crippen LogP) is 3.29. The van der Waals surface area contributed by atoms with E-state index in [1.54, 1.807) is 6.07 Å². The topological polar surface area (TPSA) is 48.1 Å². The molecule has 0 saturated carbocycles. The average molecular weight is 275 g/mol. The molecule has 0 amide bonds. The van der Waals surface area contributed by atoms with Gasteiger partial charge in [-0.2, -0.15) is 0 Å². The van der Waals surface area contributed by atoms with Gasteiger partial charge in [-0.3, -0.25) is 0 Å². The maximum atomic E-state index is 13.7. The molecule has 2 N–H and O–H groups in total. The molecule has 0 bridgehead atoms. The predicted molar refractivity (Wildman–Crippen MR) is 68.4 cm³/mol. The largest absolute Gasteiger partial charge is 0.494 e. The Kier molecular flexibility index (Phi) is 3.01. The lowest BCUT2D eigenvalue weighted by Gasteiger charge is -2.13. The average Bonchev–Trinajstić information content (AvgIpc) is 2.67. The molecule has 0 spiro atoms. The van der Waals surface area contributed by atoms with Gasteiger partial charge >= 0.3 is 0 Å². The molecule has 1 aromatic carbocycles. The molecule has 2 rings (SSSR count). The smallest absolute Gasteiger partial charge is 0.185 e. The summed E-state index contributed by atoms with van der Waals surface area (Å²) in [6.45, 7) is 3.68. The monoisotopic (exact) mass is 274 g/mol. The first kappa shape index (κ1) is 12.5. The second-order valence-electron chi connectivity index (χ2n) is 4.29. The summed E-state index contributed by atoms with van der Waals surface area (Å²) in [4.78, 5) is 4.29. The van der Waals surface area contributed by atoms with Crippen molar-refractivity contribution in [3.63, 3.8) is 0 Å².